The quantitative estimate of drug-likeness (QED) is 0.529. The molecule has 0 aliphatic rings. The van der Waals surface area contributed by atoms with Crippen LogP contribution in [0, 0.1) is 6.92 Å². The molecule has 0 fully saturated rings. The fourth-order valence-electron chi connectivity index (χ4n) is 1.42. The molecule has 5 heteroatoms. The fraction of sp³-hybridized carbons (Fsp3) is 0.727. The molecule has 92 valence electrons. The van der Waals surface area contributed by atoms with Crippen LogP contribution in [0.15, 0.2) is 12.4 Å². The van der Waals surface area contributed by atoms with E-state index in [1.165, 1.54) is 0 Å². The first-order valence-corrected chi connectivity index (χ1v) is 6.20. The summed E-state index contributed by atoms with van der Waals surface area (Å²) < 4.78 is 7.40. The number of aromatic nitrogens is 2. The zero-order valence-electron chi connectivity index (χ0n) is 9.79. The summed E-state index contributed by atoms with van der Waals surface area (Å²) in [4.78, 5) is 4.17. The summed E-state index contributed by atoms with van der Waals surface area (Å²) in [7, 11) is 0. The van der Waals surface area contributed by atoms with Gasteiger partial charge in [0.15, 0.2) is 0 Å². The van der Waals surface area contributed by atoms with Crippen LogP contribution in [0.4, 0.5) is 0 Å². The molecule has 0 atom stereocenters. The maximum Gasteiger partial charge on any atom is 0.105 e. The monoisotopic (exact) mass is 245 g/mol. The molecule has 0 saturated carbocycles. The number of alkyl halides is 1. The van der Waals surface area contributed by atoms with Crippen molar-refractivity contribution in [2.75, 3.05) is 32.2 Å². The van der Waals surface area contributed by atoms with Gasteiger partial charge < -0.3 is 14.6 Å². The summed E-state index contributed by atoms with van der Waals surface area (Å²) in [5.41, 5.74) is 0. The molecule has 0 bridgehead atoms. The van der Waals surface area contributed by atoms with Crippen LogP contribution in [0.3, 0.4) is 0 Å². The highest BCUT2D eigenvalue weighted by Crippen LogP contribution is 1.93. The number of nitrogens with one attached hydrogen (secondary N) is 1. The lowest BCUT2D eigenvalue weighted by Gasteiger charge is -2.07. The minimum Gasteiger partial charge on any atom is -0.380 e. The highest BCUT2D eigenvalue weighted by molar-refractivity contribution is 6.17. The Morgan fingerprint density at radius 2 is 2.31 bits per heavy atom. The molecule has 1 rings (SSSR count). The molecule has 1 aromatic rings. The molecular formula is C11H20ClN3O. The summed E-state index contributed by atoms with van der Waals surface area (Å²) in [6, 6.07) is 0. The van der Waals surface area contributed by atoms with Gasteiger partial charge in [-0.05, 0) is 19.9 Å². The molecule has 0 aromatic carbocycles. The Bertz CT molecular complexity index is 278. The highest BCUT2D eigenvalue weighted by Gasteiger charge is 1.95. The van der Waals surface area contributed by atoms with Gasteiger partial charge in [-0.15, -0.1) is 11.6 Å². The van der Waals surface area contributed by atoms with Gasteiger partial charge in [0.25, 0.3) is 0 Å². The maximum atomic E-state index is 5.49. The Labute approximate surface area is 102 Å². The fourth-order valence-corrected chi connectivity index (χ4v) is 1.53. The average Bonchev–Trinajstić information content (AvgIpc) is 2.68. The second-order valence-corrected chi connectivity index (χ2v) is 3.95. The Hall–Kier alpha value is -0.580. The SMILES string of the molecule is Cc1nccn1CCNCCCOCCCl. The number of imidazole rings is 1. The molecule has 0 amide bonds. The van der Waals surface area contributed by atoms with E-state index < -0.39 is 0 Å². The second kappa shape index (κ2) is 8.56. The third-order valence-electron chi connectivity index (χ3n) is 2.32. The molecular weight excluding hydrogens is 226 g/mol. The lowest BCUT2D eigenvalue weighted by Crippen LogP contribution is -2.22. The Kier molecular flexibility index (Phi) is 7.21. The third-order valence-corrected chi connectivity index (χ3v) is 2.47. The summed E-state index contributed by atoms with van der Waals surface area (Å²) in [5, 5.41) is 3.37. The summed E-state index contributed by atoms with van der Waals surface area (Å²) in [6.45, 7) is 6.36. The zero-order chi connectivity index (χ0) is 11.6. The van der Waals surface area contributed by atoms with Crippen LogP contribution in [-0.4, -0.2) is 41.7 Å². The smallest absolute Gasteiger partial charge is 0.105 e. The Balaban J connectivity index is 1.91. The van der Waals surface area contributed by atoms with E-state index in [-0.39, 0.29) is 0 Å². The number of aryl methyl sites for hydroxylation is 1. The van der Waals surface area contributed by atoms with Gasteiger partial charge in [-0.2, -0.15) is 0 Å². The lowest BCUT2D eigenvalue weighted by atomic mass is 10.4. The van der Waals surface area contributed by atoms with Crippen LogP contribution < -0.4 is 5.32 Å². The van der Waals surface area contributed by atoms with Crippen molar-refractivity contribution in [3.63, 3.8) is 0 Å². The molecule has 0 aliphatic heterocycles. The van der Waals surface area contributed by atoms with Crippen LogP contribution in [0.25, 0.3) is 0 Å². The van der Waals surface area contributed by atoms with Crippen molar-refractivity contribution in [1.82, 2.24) is 14.9 Å². The molecule has 1 aromatic heterocycles. The molecule has 1 N–H and O–H groups in total. The Morgan fingerprint density at radius 1 is 1.44 bits per heavy atom. The molecule has 0 spiro atoms. The molecule has 1 heterocycles. The van der Waals surface area contributed by atoms with Gasteiger partial charge in [0.05, 0.1) is 6.61 Å². The average molecular weight is 246 g/mol. The van der Waals surface area contributed by atoms with E-state index in [0.29, 0.717) is 12.5 Å². The minimum absolute atomic E-state index is 0.577. The van der Waals surface area contributed by atoms with Gasteiger partial charge in [-0.25, -0.2) is 4.98 Å². The van der Waals surface area contributed by atoms with Crippen LogP contribution >= 0.6 is 11.6 Å². The third kappa shape index (κ3) is 5.49. The van der Waals surface area contributed by atoms with Gasteiger partial charge in [-0.1, -0.05) is 0 Å². The number of hydrogen-bond donors (Lipinski definition) is 1. The zero-order valence-corrected chi connectivity index (χ0v) is 10.5. The molecule has 4 nitrogen and oxygen atoms in total. The van der Waals surface area contributed by atoms with E-state index in [9.17, 15) is 0 Å². The number of hydrogen-bond acceptors (Lipinski definition) is 3. The summed E-state index contributed by atoms with van der Waals surface area (Å²) in [6.07, 6.45) is 4.86. The first kappa shape index (κ1) is 13.5. The van der Waals surface area contributed by atoms with Crippen molar-refractivity contribution in [3.8, 4) is 0 Å². The normalized spacial score (nSPS) is 10.9. The van der Waals surface area contributed by atoms with Gasteiger partial charge >= 0.3 is 0 Å². The second-order valence-electron chi connectivity index (χ2n) is 3.57. The molecule has 0 aliphatic carbocycles. The summed E-state index contributed by atoms with van der Waals surface area (Å²) >= 11 is 5.49. The van der Waals surface area contributed by atoms with E-state index >= 15 is 0 Å². The summed E-state index contributed by atoms with van der Waals surface area (Å²) in [5.74, 6) is 1.64. The molecule has 0 radical (unpaired) electrons. The first-order chi connectivity index (χ1) is 7.84. The first-order valence-electron chi connectivity index (χ1n) is 5.66. The predicted octanol–water partition coefficient (Wildman–Crippen LogP) is 1.43. The van der Waals surface area contributed by atoms with Crippen LogP contribution in [0.5, 0.6) is 0 Å². The van der Waals surface area contributed by atoms with Gasteiger partial charge in [-0.3, -0.25) is 0 Å². The molecule has 16 heavy (non-hydrogen) atoms. The maximum absolute atomic E-state index is 5.49. The number of ether oxygens (including phenoxy) is 1. The number of rotatable bonds is 9. The van der Waals surface area contributed by atoms with Crippen molar-refractivity contribution in [2.45, 2.75) is 19.9 Å². The van der Waals surface area contributed by atoms with Crippen LogP contribution in [0.1, 0.15) is 12.2 Å². The van der Waals surface area contributed by atoms with E-state index in [4.69, 9.17) is 16.3 Å². The van der Waals surface area contributed by atoms with Gasteiger partial charge in [0.2, 0.25) is 0 Å². The number of halogens is 1. The Morgan fingerprint density at radius 3 is 3.00 bits per heavy atom. The lowest BCUT2D eigenvalue weighted by molar-refractivity contribution is 0.146. The highest BCUT2D eigenvalue weighted by atomic mass is 35.5. The van der Waals surface area contributed by atoms with Crippen molar-refractivity contribution in [2.24, 2.45) is 0 Å². The minimum atomic E-state index is 0.577. The van der Waals surface area contributed by atoms with E-state index in [1.807, 2.05) is 19.3 Å². The topological polar surface area (TPSA) is 39.1 Å². The number of nitrogens with zero attached hydrogens (tertiary/aromatic N) is 2. The van der Waals surface area contributed by atoms with E-state index in [0.717, 1.165) is 38.5 Å². The molecule has 0 unspecified atom stereocenters. The van der Waals surface area contributed by atoms with Gasteiger partial charge in [0.1, 0.15) is 5.82 Å². The van der Waals surface area contributed by atoms with Gasteiger partial charge in [0, 0.05) is 38.0 Å². The largest absolute Gasteiger partial charge is 0.380 e. The molecule has 0 saturated heterocycles. The van der Waals surface area contributed by atoms with Crippen molar-refractivity contribution in [1.29, 1.82) is 0 Å². The predicted molar refractivity (Wildman–Crippen MR) is 66.0 cm³/mol. The van der Waals surface area contributed by atoms with Crippen molar-refractivity contribution < 1.29 is 4.74 Å². The standard InChI is InChI=1S/C11H20ClN3O/c1-11-14-6-8-15(11)7-5-13-4-2-9-16-10-3-12/h6,8,13H,2-5,7,9-10H2,1H3. The van der Waals surface area contributed by atoms with Crippen LogP contribution in [-0.2, 0) is 11.3 Å². The van der Waals surface area contributed by atoms with E-state index in [2.05, 4.69) is 14.9 Å². The van der Waals surface area contributed by atoms with E-state index in [1.54, 1.807) is 0 Å². The van der Waals surface area contributed by atoms with Crippen molar-refractivity contribution in [3.05, 3.63) is 18.2 Å². The van der Waals surface area contributed by atoms with Crippen LogP contribution in [0.2, 0.25) is 0 Å². The van der Waals surface area contributed by atoms with Crippen molar-refractivity contribution >= 4 is 11.6 Å².